The fraction of sp³-hybridized carbons (Fsp3) is 0.235. The zero-order valence-electron chi connectivity index (χ0n) is 12.1. The molecule has 3 rings (SSSR count). The Balaban J connectivity index is 1.60. The van der Waals surface area contributed by atoms with E-state index >= 15 is 0 Å². The van der Waals surface area contributed by atoms with E-state index in [0.29, 0.717) is 31.3 Å². The van der Waals surface area contributed by atoms with Gasteiger partial charge in [-0.15, -0.1) is 0 Å². The summed E-state index contributed by atoms with van der Waals surface area (Å²) in [5.74, 6) is 0.796. The first-order valence-electron chi connectivity index (χ1n) is 7.21. The number of carbonyl (C=O) groups excluding carboxylic acids is 1. The zero-order chi connectivity index (χ0) is 15.4. The average Bonchev–Trinajstić information content (AvgIpc) is 2.54. The van der Waals surface area contributed by atoms with E-state index < -0.39 is 0 Å². The zero-order valence-corrected chi connectivity index (χ0v) is 12.8. The summed E-state index contributed by atoms with van der Waals surface area (Å²) >= 11 is 6.09. The number of nitrogens with zero attached hydrogens (tertiary/aromatic N) is 1. The van der Waals surface area contributed by atoms with Gasteiger partial charge in [-0.05, 0) is 23.8 Å². The van der Waals surface area contributed by atoms with Crippen molar-refractivity contribution in [1.82, 2.24) is 5.32 Å². The number of hydrogen-bond acceptors (Lipinski definition) is 3. The number of ether oxygens (including phenoxy) is 1. The van der Waals surface area contributed by atoms with Crippen LogP contribution in [0.25, 0.3) is 0 Å². The smallest absolute Gasteiger partial charge is 0.239 e. The number of fused-ring (bicyclic) bond motifs is 1. The van der Waals surface area contributed by atoms with Gasteiger partial charge in [0.25, 0.3) is 0 Å². The lowest BCUT2D eigenvalue weighted by atomic mass is 10.2. The molecule has 1 amide bonds. The van der Waals surface area contributed by atoms with Crippen LogP contribution in [0.3, 0.4) is 0 Å². The van der Waals surface area contributed by atoms with Gasteiger partial charge >= 0.3 is 0 Å². The van der Waals surface area contributed by atoms with Crippen molar-refractivity contribution in [3.63, 3.8) is 0 Å². The Hall–Kier alpha value is -2.20. The fourth-order valence-electron chi connectivity index (χ4n) is 2.46. The van der Waals surface area contributed by atoms with Gasteiger partial charge in [0.05, 0.1) is 18.8 Å². The van der Waals surface area contributed by atoms with Crippen molar-refractivity contribution in [3.05, 3.63) is 59.1 Å². The number of rotatable bonds is 4. The Kier molecular flexibility index (Phi) is 4.49. The lowest BCUT2D eigenvalue weighted by Gasteiger charge is -2.30. The van der Waals surface area contributed by atoms with Crippen molar-refractivity contribution >= 4 is 23.2 Å². The molecule has 0 aliphatic carbocycles. The molecule has 0 aromatic heterocycles. The Morgan fingerprint density at radius 3 is 2.82 bits per heavy atom. The molecule has 0 spiro atoms. The molecule has 0 atom stereocenters. The lowest BCUT2D eigenvalue weighted by molar-refractivity contribution is -0.120. The van der Waals surface area contributed by atoms with Crippen LogP contribution in [0.2, 0.25) is 5.02 Å². The van der Waals surface area contributed by atoms with Crippen LogP contribution in [-0.4, -0.2) is 25.6 Å². The molecule has 22 heavy (non-hydrogen) atoms. The summed E-state index contributed by atoms with van der Waals surface area (Å²) in [5.41, 5.74) is 1.88. The summed E-state index contributed by atoms with van der Waals surface area (Å²) in [6.07, 6.45) is 0. The van der Waals surface area contributed by atoms with E-state index in [4.69, 9.17) is 16.3 Å². The van der Waals surface area contributed by atoms with Gasteiger partial charge in [0, 0.05) is 11.6 Å². The number of carbonyl (C=O) groups is 1. The van der Waals surface area contributed by atoms with Gasteiger partial charge in [0.1, 0.15) is 12.4 Å². The number of benzene rings is 2. The van der Waals surface area contributed by atoms with Crippen molar-refractivity contribution in [3.8, 4) is 5.75 Å². The Bertz CT molecular complexity index is 675. The molecule has 1 N–H and O–H groups in total. The molecule has 2 aromatic rings. The van der Waals surface area contributed by atoms with E-state index in [1.807, 2.05) is 53.4 Å². The Morgan fingerprint density at radius 1 is 1.18 bits per heavy atom. The van der Waals surface area contributed by atoms with Crippen LogP contribution < -0.4 is 15.0 Å². The third-order valence-corrected chi connectivity index (χ3v) is 3.96. The largest absolute Gasteiger partial charge is 0.490 e. The average molecular weight is 317 g/mol. The molecule has 0 saturated carbocycles. The first-order valence-corrected chi connectivity index (χ1v) is 7.59. The number of halogens is 1. The first-order chi connectivity index (χ1) is 10.7. The van der Waals surface area contributed by atoms with E-state index in [9.17, 15) is 4.79 Å². The van der Waals surface area contributed by atoms with E-state index in [-0.39, 0.29) is 5.91 Å². The van der Waals surface area contributed by atoms with Gasteiger partial charge in [0.2, 0.25) is 5.91 Å². The minimum absolute atomic E-state index is 0.0309. The minimum atomic E-state index is -0.0309. The summed E-state index contributed by atoms with van der Waals surface area (Å²) in [6.45, 7) is 2.04. The van der Waals surface area contributed by atoms with Crippen LogP contribution >= 0.6 is 11.6 Å². The maximum atomic E-state index is 12.2. The second kappa shape index (κ2) is 6.71. The monoisotopic (exact) mass is 316 g/mol. The maximum Gasteiger partial charge on any atom is 0.239 e. The molecule has 0 unspecified atom stereocenters. The van der Waals surface area contributed by atoms with Crippen molar-refractivity contribution in [2.45, 2.75) is 6.54 Å². The highest BCUT2D eigenvalue weighted by atomic mass is 35.5. The standard InChI is InChI=1S/C17H17ClN2O2/c18-14-6-2-1-5-13(14)11-19-17(21)12-20-9-10-22-16-8-4-3-7-15(16)20/h1-8H,9-12H2,(H,19,21). The Labute approximate surface area is 134 Å². The SMILES string of the molecule is O=C(CN1CCOc2ccccc21)NCc1ccccc1Cl. The van der Waals surface area contributed by atoms with Crippen LogP contribution in [0.5, 0.6) is 5.75 Å². The van der Waals surface area contributed by atoms with Gasteiger partial charge in [-0.3, -0.25) is 4.79 Å². The molecular formula is C17H17ClN2O2. The molecule has 114 valence electrons. The van der Waals surface area contributed by atoms with E-state index in [2.05, 4.69) is 5.32 Å². The van der Waals surface area contributed by atoms with Crippen molar-refractivity contribution in [2.24, 2.45) is 0 Å². The predicted octanol–water partition coefficient (Wildman–Crippen LogP) is 2.86. The van der Waals surface area contributed by atoms with Crippen molar-refractivity contribution in [2.75, 3.05) is 24.6 Å². The highest BCUT2D eigenvalue weighted by molar-refractivity contribution is 6.31. The molecule has 1 heterocycles. The van der Waals surface area contributed by atoms with Crippen LogP contribution in [-0.2, 0) is 11.3 Å². The summed E-state index contributed by atoms with van der Waals surface area (Å²) in [7, 11) is 0. The molecule has 4 nitrogen and oxygen atoms in total. The van der Waals surface area contributed by atoms with E-state index in [1.54, 1.807) is 0 Å². The molecule has 0 radical (unpaired) electrons. The fourth-order valence-corrected chi connectivity index (χ4v) is 2.66. The minimum Gasteiger partial charge on any atom is -0.490 e. The van der Waals surface area contributed by atoms with Crippen LogP contribution in [0.15, 0.2) is 48.5 Å². The van der Waals surface area contributed by atoms with Gasteiger partial charge in [-0.25, -0.2) is 0 Å². The molecule has 5 heteroatoms. The number of para-hydroxylation sites is 2. The second-order valence-corrected chi connectivity index (χ2v) is 5.51. The number of amides is 1. The number of anilines is 1. The highest BCUT2D eigenvalue weighted by Crippen LogP contribution is 2.30. The van der Waals surface area contributed by atoms with Crippen LogP contribution in [0.1, 0.15) is 5.56 Å². The molecule has 1 aliphatic heterocycles. The van der Waals surface area contributed by atoms with Crippen LogP contribution in [0.4, 0.5) is 5.69 Å². The lowest BCUT2D eigenvalue weighted by Crippen LogP contribution is -2.41. The number of nitrogens with one attached hydrogen (secondary N) is 1. The van der Waals surface area contributed by atoms with Gasteiger partial charge < -0.3 is 15.0 Å². The number of hydrogen-bond donors (Lipinski definition) is 1. The summed E-state index contributed by atoms with van der Waals surface area (Å²) in [4.78, 5) is 14.2. The van der Waals surface area contributed by atoms with E-state index in [0.717, 1.165) is 17.0 Å². The van der Waals surface area contributed by atoms with Gasteiger partial charge in [-0.1, -0.05) is 41.9 Å². The van der Waals surface area contributed by atoms with Crippen molar-refractivity contribution < 1.29 is 9.53 Å². The third kappa shape index (κ3) is 3.34. The van der Waals surface area contributed by atoms with Gasteiger partial charge in [0.15, 0.2) is 0 Å². The second-order valence-electron chi connectivity index (χ2n) is 5.11. The normalized spacial score (nSPS) is 13.2. The molecular weight excluding hydrogens is 300 g/mol. The molecule has 0 bridgehead atoms. The quantitative estimate of drug-likeness (QED) is 0.943. The van der Waals surface area contributed by atoms with Crippen LogP contribution in [0, 0.1) is 0 Å². The predicted molar refractivity (Wildman–Crippen MR) is 87.4 cm³/mol. The molecule has 1 aliphatic rings. The van der Waals surface area contributed by atoms with Crippen molar-refractivity contribution in [1.29, 1.82) is 0 Å². The van der Waals surface area contributed by atoms with Gasteiger partial charge in [-0.2, -0.15) is 0 Å². The molecule has 0 fully saturated rings. The highest BCUT2D eigenvalue weighted by Gasteiger charge is 2.19. The topological polar surface area (TPSA) is 41.6 Å². The third-order valence-electron chi connectivity index (χ3n) is 3.59. The first kappa shape index (κ1) is 14.7. The summed E-state index contributed by atoms with van der Waals surface area (Å²) < 4.78 is 5.59. The molecule has 0 saturated heterocycles. The summed E-state index contributed by atoms with van der Waals surface area (Å²) in [5, 5.41) is 3.58. The Morgan fingerprint density at radius 2 is 1.95 bits per heavy atom. The van der Waals surface area contributed by atoms with E-state index in [1.165, 1.54) is 0 Å². The maximum absolute atomic E-state index is 12.2. The molecule has 2 aromatic carbocycles. The summed E-state index contributed by atoms with van der Waals surface area (Å²) in [6, 6.07) is 15.3.